The Labute approximate surface area is 81.1 Å². The normalized spacial score (nSPS) is 9.79. The molecular formula is C10H11FO3. The molecule has 0 aliphatic heterocycles. The molecule has 0 fully saturated rings. The molecule has 4 heteroatoms. The minimum Gasteiger partial charge on any atom is -0.493 e. The van der Waals surface area contributed by atoms with Crippen LogP contribution in [-0.2, 0) is 0 Å². The van der Waals surface area contributed by atoms with Crippen LogP contribution >= 0.6 is 0 Å². The number of hydrogen-bond acceptors (Lipinski definition) is 2. The van der Waals surface area contributed by atoms with E-state index in [1.54, 1.807) is 12.1 Å². The Morgan fingerprint density at radius 1 is 1.36 bits per heavy atom. The van der Waals surface area contributed by atoms with Crippen LogP contribution in [0.2, 0.25) is 0 Å². The molecule has 0 unspecified atom stereocenters. The summed E-state index contributed by atoms with van der Waals surface area (Å²) in [5, 5.41) is 8.60. The average molecular weight is 198 g/mol. The van der Waals surface area contributed by atoms with Gasteiger partial charge in [-0.3, -0.25) is 4.39 Å². The zero-order valence-corrected chi connectivity index (χ0v) is 7.57. The van der Waals surface area contributed by atoms with Gasteiger partial charge in [0.25, 0.3) is 0 Å². The van der Waals surface area contributed by atoms with Crippen LogP contribution < -0.4 is 4.74 Å². The van der Waals surface area contributed by atoms with E-state index in [2.05, 4.69) is 0 Å². The number of aromatic carboxylic acids is 1. The largest absolute Gasteiger partial charge is 0.493 e. The summed E-state index contributed by atoms with van der Waals surface area (Å²) in [6.07, 6.45) is 0.348. The summed E-state index contributed by atoms with van der Waals surface area (Å²) < 4.78 is 16.9. The molecule has 76 valence electrons. The van der Waals surface area contributed by atoms with Crippen molar-refractivity contribution in [1.29, 1.82) is 0 Å². The lowest BCUT2D eigenvalue weighted by Gasteiger charge is -2.04. The maximum atomic E-state index is 11.7. The Morgan fingerprint density at radius 3 is 2.50 bits per heavy atom. The summed E-state index contributed by atoms with van der Waals surface area (Å²) in [6, 6.07) is 6.02. The lowest BCUT2D eigenvalue weighted by atomic mass is 10.2. The summed E-state index contributed by atoms with van der Waals surface area (Å²) in [5.74, 6) is -0.413. The monoisotopic (exact) mass is 198 g/mol. The minimum absolute atomic E-state index is 0.211. The molecule has 1 aromatic rings. The van der Waals surface area contributed by atoms with Gasteiger partial charge in [0.15, 0.2) is 0 Å². The highest BCUT2D eigenvalue weighted by molar-refractivity contribution is 5.87. The lowest BCUT2D eigenvalue weighted by molar-refractivity contribution is 0.0697. The van der Waals surface area contributed by atoms with Crippen molar-refractivity contribution >= 4 is 5.97 Å². The molecule has 0 aromatic heterocycles. The molecular weight excluding hydrogens is 187 g/mol. The predicted molar refractivity (Wildman–Crippen MR) is 49.5 cm³/mol. The Morgan fingerprint density at radius 2 is 2.00 bits per heavy atom. The molecule has 0 bridgehead atoms. The van der Waals surface area contributed by atoms with Gasteiger partial charge in [0.1, 0.15) is 5.75 Å². The van der Waals surface area contributed by atoms with E-state index in [4.69, 9.17) is 9.84 Å². The van der Waals surface area contributed by atoms with E-state index in [1.165, 1.54) is 12.1 Å². The van der Waals surface area contributed by atoms with Crippen LogP contribution in [0.5, 0.6) is 5.75 Å². The Bertz CT molecular complexity index is 295. The van der Waals surface area contributed by atoms with Gasteiger partial charge >= 0.3 is 5.97 Å². The molecule has 0 atom stereocenters. The first-order chi connectivity index (χ1) is 6.74. The summed E-state index contributed by atoms with van der Waals surface area (Å²) in [6.45, 7) is -0.101. The fourth-order valence-electron chi connectivity index (χ4n) is 0.938. The van der Waals surface area contributed by atoms with Crippen molar-refractivity contribution in [2.24, 2.45) is 0 Å². The molecule has 1 rings (SSSR count). The minimum atomic E-state index is -0.972. The van der Waals surface area contributed by atoms with Crippen molar-refractivity contribution in [3.63, 3.8) is 0 Å². The van der Waals surface area contributed by atoms with Gasteiger partial charge in [-0.15, -0.1) is 0 Å². The maximum Gasteiger partial charge on any atom is 0.335 e. The van der Waals surface area contributed by atoms with Crippen LogP contribution in [0.15, 0.2) is 24.3 Å². The zero-order valence-electron chi connectivity index (χ0n) is 7.57. The van der Waals surface area contributed by atoms with Crippen LogP contribution in [0.3, 0.4) is 0 Å². The number of hydrogen-bond donors (Lipinski definition) is 1. The average Bonchev–Trinajstić information content (AvgIpc) is 2.19. The SMILES string of the molecule is O=C(O)c1ccc(OCCCF)cc1. The quantitative estimate of drug-likeness (QED) is 0.737. The van der Waals surface area contributed by atoms with Crippen LogP contribution in [0.4, 0.5) is 4.39 Å². The third-order valence-corrected chi connectivity index (χ3v) is 1.65. The van der Waals surface area contributed by atoms with Gasteiger partial charge < -0.3 is 9.84 Å². The van der Waals surface area contributed by atoms with E-state index < -0.39 is 12.6 Å². The molecule has 0 aliphatic carbocycles. The molecule has 1 aromatic carbocycles. The summed E-state index contributed by atoms with van der Waals surface area (Å²) in [7, 11) is 0. The van der Waals surface area contributed by atoms with Crippen LogP contribution in [0, 0.1) is 0 Å². The molecule has 0 saturated heterocycles. The fourth-order valence-corrected chi connectivity index (χ4v) is 0.938. The smallest absolute Gasteiger partial charge is 0.335 e. The molecule has 3 nitrogen and oxygen atoms in total. The summed E-state index contributed by atoms with van der Waals surface area (Å²) in [4.78, 5) is 10.5. The zero-order chi connectivity index (χ0) is 10.4. The molecule has 0 saturated carbocycles. The third-order valence-electron chi connectivity index (χ3n) is 1.65. The Hall–Kier alpha value is -1.58. The van der Waals surface area contributed by atoms with Crippen molar-refractivity contribution in [3.8, 4) is 5.75 Å². The molecule has 0 radical (unpaired) electrons. The van der Waals surface area contributed by atoms with Gasteiger partial charge in [0.05, 0.1) is 18.8 Å². The maximum absolute atomic E-state index is 11.7. The fraction of sp³-hybridized carbons (Fsp3) is 0.300. The van der Waals surface area contributed by atoms with Gasteiger partial charge in [-0.1, -0.05) is 0 Å². The van der Waals surface area contributed by atoms with Crippen molar-refractivity contribution in [2.45, 2.75) is 6.42 Å². The lowest BCUT2D eigenvalue weighted by Crippen LogP contribution is -1.99. The van der Waals surface area contributed by atoms with Gasteiger partial charge in [-0.05, 0) is 24.3 Å². The second-order valence-electron chi connectivity index (χ2n) is 2.72. The molecule has 1 N–H and O–H groups in total. The molecule has 14 heavy (non-hydrogen) atoms. The Kier molecular flexibility index (Phi) is 3.91. The summed E-state index contributed by atoms with van der Waals surface area (Å²) in [5.41, 5.74) is 0.211. The van der Waals surface area contributed by atoms with Gasteiger partial charge in [0, 0.05) is 6.42 Å². The van der Waals surface area contributed by atoms with E-state index in [0.29, 0.717) is 18.8 Å². The number of alkyl halides is 1. The van der Waals surface area contributed by atoms with Crippen molar-refractivity contribution in [1.82, 2.24) is 0 Å². The number of carbonyl (C=O) groups is 1. The number of carboxylic acids is 1. The van der Waals surface area contributed by atoms with E-state index in [-0.39, 0.29) is 5.56 Å². The highest BCUT2D eigenvalue weighted by atomic mass is 19.1. The van der Waals surface area contributed by atoms with Crippen LogP contribution in [0.1, 0.15) is 16.8 Å². The topological polar surface area (TPSA) is 46.5 Å². The van der Waals surface area contributed by atoms with Gasteiger partial charge in [-0.25, -0.2) is 4.79 Å². The molecule has 0 heterocycles. The standard InChI is InChI=1S/C10H11FO3/c11-6-1-7-14-9-4-2-8(3-5-9)10(12)13/h2-5H,1,6-7H2,(H,12,13). The van der Waals surface area contributed by atoms with Crippen molar-refractivity contribution in [3.05, 3.63) is 29.8 Å². The molecule has 0 amide bonds. The van der Waals surface area contributed by atoms with E-state index >= 15 is 0 Å². The Balaban J connectivity index is 2.51. The van der Waals surface area contributed by atoms with E-state index in [0.717, 1.165) is 0 Å². The van der Waals surface area contributed by atoms with E-state index in [1.807, 2.05) is 0 Å². The number of ether oxygens (including phenoxy) is 1. The molecule has 0 aliphatic rings. The first-order valence-electron chi connectivity index (χ1n) is 4.26. The predicted octanol–water partition coefficient (Wildman–Crippen LogP) is 2.12. The van der Waals surface area contributed by atoms with Crippen LogP contribution in [0.25, 0.3) is 0 Å². The van der Waals surface area contributed by atoms with Crippen molar-refractivity contribution < 1.29 is 19.0 Å². The van der Waals surface area contributed by atoms with Crippen LogP contribution in [-0.4, -0.2) is 24.4 Å². The second kappa shape index (κ2) is 5.21. The van der Waals surface area contributed by atoms with Gasteiger partial charge in [0.2, 0.25) is 0 Å². The van der Waals surface area contributed by atoms with E-state index in [9.17, 15) is 9.18 Å². The highest BCUT2D eigenvalue weighted by Crippen LogP contribution is 2.12. The third kappa shape index (κ3) is 3.05. The number of carboxylic acid groups (broad SMARTS) is 1. The first-order valence-corrected chi connectivity index (χ1v) is 4.26. The first kappa shape index (κ1) is 10.5. The highest BCUT2D eigenvalue weighted by Gasteiger charge is 2.01. The summed E-state index contributed by atoms with van der Waals surface area (Å²) >= 11 is 0. The second-order valence-corrected chi connectivity index (χ2v) is 2.72. The number of benzene rings is 1. The van der Waals surface area contributed by atoms with Crippen molar-refractivity contribution in [2.75, 3.05) is 13.3 Å². The number of rotatable bonds is 5. The van der Waals surface area contributed by atoms with Gasteiger partial charge in [-0.2, -0.15) is 0 Å². The number of halogens is 1. The molecule has 0 spiro atoms.